The third-order valence-corrected chi connectivity index (χ3v) is 5.04. The highest BCUT2D eigenvalue weighted by molar-refractivity contribution is 5.73. The Morgan fingerprint density at radius 1 is 1.28 bits per heavy atom. The summed E-state index contributed by atoms with van der Waals surface area (Å²) in [6.07, 6.45) is 10.3. The summed E-state index contributed by atoms with van der Waals surface area (Å²) < 4.78 is 3.98. The van der Waals surface area contributed by atoms with Crippen molar-refractivity contribution < 1.29 is 5.11 Å². The molecule has 1 aliphatic heterocycles. The summed E-state index contributed by atoms with van der Waals surface area (Å²) in [5.74, 6) is 2.17. The van der Waals surface area contributed by atoms with Crippen LogP contribution >= 0.6 is 0 Å². The highest BCUT2D eigenvalue weighted by Gasteiger charge is 2.27. The lowest BCUT2D eigenvalue weighted by molar-refractivity contribution is 0.265. The topological polar surface area (TPSA) is 83.5 Å². The molecular weight excluding hydrogens is 318 g/mol. The van der Waals surface area contributed by atoms with Gasteiger partial charge in [0.05, 0.1) is 19.0 Å². The molecule has 1 atom stereocenters. The van der Waals surface area contributed by atoms with Gasteiger partial charge in [-0.15, -0.1) is 5.10 Å². The summed E-state index contributed by atoms with van der Waals surface area (Å²) in [6.45, 7) is 0.995. The average molecular weight is 339 g/mol. The van der Waals surface area contributed by atoms with E-state index in [0.717, 1.165) is 36.5 Å². The van der Waals surface area contributed by atoms with Crippen LogP contribution in [-0.2, 0) is 0 Å². The molecule has 2 aliphatic rings. The minimum atomic E-state index is 0.0925. The quantitative estimate of drug-likeness (QED) is 0.739. The summed E-state index contributed by atoms with van der Waals surface area (Å²) in [7, 11) is 0. The van der Waals surface area contributed by atoms with E-state index < -0.39 is 0 Å². The number of aliphatic hydroxyl groups excluding tert-OH is 1. The fraction of sp³-hybridized carbons (Fsp3) is 0.471. The maximum Gasteiger partial charge on any atom is 0.245 e. The van der Waals surface area contributed by atoms with Crippen molar-refractivity contribution in [2.45, 2.75) is 37.8 Å². The van der Waals surface area contributed by atoms with E-state index in [1.807, 2.05) is 35.4 Å². The largest absolute Gasteiger partial charge is 0.394 e. The summed E-state index contributed by atoms with van der Waals surface area (Å²) >= 11 is 0. The molecule has 130 valence electrons. The Kier molecular flexibility index (Phi) is 3.37. The van der Waals surface area contributed by atoms with Crippen LogP contribution in [-0.4, -0.2) is 48.4 Å². The van der Waals surface area contributed by atoms with Gasteiger partial charge in [0.15, 0.2) is 5.82 Å². The highest BCUT2D eigenvalue weighted by Crippen LogP contribution is 2.35. The zero-order valence-electron chi connectivity index (χ0n) is 13.9. The number of anilines is 3. The average Bonchev–Trinajstić information content (AvgIpc) is 3.05. The maximum atomic E-state index is 9.60. The molecule has 1 saturated heterocycles. The number of rotatable bonds is 5. The normalized spacial score (nSPS) is 20.5. The van der Waals surface area contributed by atoms with Gasteiger partial charge in [0.2, 0.25) is 5.95 Å². The van der Waals surface area contributed by atoms with Crippen molar-refractivity contribution in [2.24, 2.45) is 0 Å². The smallest absolute Gasteiger partial charge is 0.245 e. The van der Waals surface area contributed by atoms with Crippen LogP contribution in [0.25, 0.3) is 5.52 Å². The van der Waals surface area contributed by atoms with Crippen molar-refractivity contribution in [2.75, 3.05) is 23.4 Å². The van der Waals surface area contributed by atoms with E-state index in [4.69, 9.17) is 4.98 Å². The molecule has 0 amide bonds. The molecule has 3 aromatic rings. The zero-order valence-corrected chi connectivity index (χ0v) is 13.9. The molecule has 0 spiro atoms. The predicted octanol–water partition coefficient (Wildman–Crippen LogP) is 1.97. The summed E-state index contributed by atoms with van der Waals surface area (Å²) in [5.41, 5.74) is 0.907. The van der Waals surface area contributed by atoms with Gasteiger partial charge in [-0.3, -0.25) is 0 Å². The third kappa shape index (κ3) is 2.62. The van der Waals surface area contributed by atoms with Gasteiger partial charge in [-0.1, -0.05) is 0 Å². The fourth-order valence-electron chi connectivity index (χ4n) is 3.52. The van der Waals surface area contributed by atoms with Crippen LogP contribution in [0.5, 0.6) is 0 Å². The third-order valence-electron chi connectivity index (χ3n) is 5.04. The lowest BCUT2D eigenvalue weighted by Gasteiger charge is -2.23. The Bertz CT molecular complexity index is 897. The number of nitrogens with zero attached hydrogens (tertiary/aromatic N) is 6. The molecule has 5 rings (SSSR count). The molecule has 25 heavy (non-hydrogen) atoms. The Morgan fingerprint density at radius 3 is 3.04 bits per heavy atom. The minimum Gasteiger partial charge on any atom is -0.394 e. The SMILES string of the molecule is OC[C@@H]1CCCN1c1nc(Nc2cn(C3CC3)cn2)c2cccn2n1. The van der Waals surface area contributed by atoms with Gasteiger partial charge in [-0.25, -0.2) is 9.50 Å². The van der Waals surface area contributed by atoms with Crippen molar-refractivity contribution in [3.63, 3.8) is 0 Å². The number of hydrogen-bond donors (Lipinski definition) is 2. The van der Waals surface area contributed by atoms with E-state index in [1.54, 1.807) is 0 Å². The second-order valence-corrected chi connectivity index (χ2v) is 6.83. The van der Waals surface area contributed by atoms with Gasteiger partial charge in [0.1, 0.15) is 11.3 Å². The van der Waals surface area contributed by atoms with E-state index in [-0.39, 0.29) is 12.6 Å². The van der Waals surface area contributed by atoms with Crippen LogP contribution < -0.4 is 10.2 Å². The van der Waals surface area contributed by atoms with Gasteiger partial charge >= 0.3 is 0 Å². The van der Waals surface area contributed by atoms with Crippen molar-refractivity contribution in [3.05, 3.63) is 30.9 Å². The van der Waals surface area contributed by atoms with Crippen LogP contribution in [0, 0.1) is 0 Å². The molecule has 0 aromatic carbocycles. The van der Waals surface area contributed by atoms with Crippen LogP contribution in [0.1, 0.15) is 31.7 Å². The first-order valence-electron chi connectivity index (χ1n) is 8.85. The highest BCUT2D eigenvalue weighted by atomic mass is 16.3. The van der Waals surface area contributed by atoms with Crippen LogP contribution in [0.2, 0.25) is 0 Å². The Morgan fingerprint density at radius 2 is 2.20 bits per heavy atom. The number of aromatic nitrogens is 5. The molecular formula is C17H21N7O. The first-order chi connectivity index (χ1) is 12.3. The molecule has 3 aromatic heterocycles. The molecule has 0 bridgehead atoms. The Balaban J connectivity index is 1.50. The molecule has 0 unspecified atom stereocenters. The molecule has 2 N–H and O–H groups in total. The number of hydrogen-bond acceptors (Lipinski definition) is 6. The van der Waals surface area contributed by atoms with Crippen molar-refractivity contribution in [3.8, 4) is 0 Å². The molecule has 1 aliphatic carbocycles. The predicted molar refractivity (Wildman–Crippen MR) is 94.2 cm³/mol. The lowest BCUT2D eigenvalue weighted by Crippen LogP contribution is -2.34. The van der Waals surface area contributed by atoms with E-state index in [1.165, 1.54) is 12.8 Å². The Labute approximate surface area is 145 Å². The monoisotopic (exact) mass is 339 g/mol. The zero-order chi connectivity index (χ0) is 16.8. The second-order valence-electron chi connectivity index (χ2n) is 6.83. The molecule has 8 nitrogen and oxygen atoms in total. The van der Waals surface area contributed by atoms with E-state index in [2.05, 4.69) is 24.9 Å². The van der Waals surface area contributed by atoms with Crippen LogP contribution in [0.4, 0.5) is 17.6 Å². The Hall–Kier alpha value is -2.61. The van der Waals surface area contributed by atoms with E-state index in [0.29, 0.717) is 12.0 Å². The van der Waals surface area contributed by atoms with Crippen LogP contribution in [0.15, 0.2) is 30.9 Å². The lowest BCUT2D eigenvalue weighted by atomic mass is 10.2. The summed E-state index contributed by atoms with van der Waals surface area (Å²) in [4.78, 5) is 11.3. The number of nitrogens with one attached hydrogen (secondary N) is 1. The number of imidazole rings is 1. The van der Waals surface area contributed by atoms with E-state index in [9.17, 15) is 5.11 Å². The van der Waals surface area contributed by atoms with Gasteiger partial charge in [-0.05, 0) is 37.8 Å². The molecule has 8 heteroatoms. The molecule has 4 heterocycles. The second kappa shape index (κ2) is 5.73. The van der Waals surface area contributed by atoms with Crippen molar-refractivity contribution >= 4 is 23.1 Å². The number of aliphatic hydroxyl groups is 1. The van der Waals surface area contributed by atoms with Gasteiger partial charge in [0, 0.05) is 25.0 Å². The van der Waals surface area contributed by atoms with Crippen molar-refractivity contribution in [1.29, 1.82) is 0 Å². The van der Waals surface area contributed by atoms with Gasteiger partial charge < -0.3 is 19.9 Å². The molecule has 0 radical (unpaired) electrons. The van der Waals surface area contributed by atoms with Gasteiger partial charge in [0.25, 0.3) is 0 Å². The fourth-order valence-corrected chi connectivity index (χ4v) is 3.52. The van der Waals surface area contributed by atoms with Gasteiger partial charge in [-0.2, -0.15) is 4.98 Å². The summed E-state index contributed by atoms with van der Waals surface area (Å²) in [5, 5.41) is 17.6. The van der Waals surface area contributed by atoms with Crippen molar-refractivity contribution in [1.82, 2.24) is 24.1 Å². The standard InChI is InChI=1S/C17H21N7O/c25-10-13-3-1-7-23(13)17-20-16(14-4-2-8-24(14)21-17)19-15-9-22(11-18-15)12-5-6-12/h2,4,8-9,11-13,25H,1,3,5-7,10H2,(H,19,20,21)/t13-/m0/s1. The summed E-state index contributed by atoms with van der Waals surface area (Å²) in [6, 6.07) is 4.63. The van der Waals surface area contributed by atoms with E-state index >= 15 is 0 Å². The first kappa shape index (κ1) is 14.7. The minimum absolute atomic E-state index is 0.0925. The molecule has 2 fully saturated rings. The maximum absolute atomic E-state index is 9.60. The van der Waals surface area contributed by atoms with Crippen LogP contribution in [0.3, 0.4) is 0 Å². The number of fused-ring (bicyclic) bond motifs is 1. The first-order valence-corrected chi connectivity index (χ1v) is 8.85. The molecule has 1 saturated carbocycles.